The molecule has 0 heterocycles. The summed E-state index contributed by atoms with van der Waals surface area (Å²) >= 11 is 0. The van der Waals surface area contributed by atoms with Crippen molar-refractivity contribution in [2.45, 2.75) is 78.4 Å². The number of rotatable bonds is 15. The van der Waals surface area contributed by atoms with Crippen LogP contribution in [0.15, 0.2) is 48.5 Å². The largest absolute Gasteiger partial charge is 0.480 e. The number of ether oxygens (including phenoxy) is 2. The van der Waals surface area contributed by atoms with Crippen molar-refractivity contribution in [1.82, 2.24) is 10.6 Å². The SMILES string of the molecule is CCC(Oc1ccccc1C)C(=O)NCCCCCCNC(=O)C(CC)Oc1ccccc1C. The maximum absolute atomic E-state index is 12.4. The minimum atomic E-state index is -0.482. The average Bonchev–Trinajstić information content (AvgIpc) is 2.84. The van der Waals surface area contributed by atoms with Gasteiger partial charge in [-0.1, -0.05) is 63.1 Å². The zero-order chi connectivity index (χ0) is 24.8. The summed E-state index contributed by atoms with van der Waals surface area (Å²) in [5.74, 6) is 1.36. The number of aryl methyl sites for hydroxylation is 2. The van der Waals surface area contributed by atoms with Gasteiger partial charge in [0.05, 0.1) is 0 Å². The molecule has 6 heteroatoms. The molecule has 2 rings (SSSR count). The van der Waals surface area contributed by atoms with Gasteiger partial charge in [0.1, 0.15) is 11.5 Å². The molecule has 0 aliphatic heterocycles. The van der Waals surface area contributed by atoms with E-state index >= 15 is 0 Å². The Kier molecular flexibility index (Phi) is 12.0. The summed E-state index contributed by atoms with van der Waals surface area (Å²) in [6, 6.07) is 15.5. The number of carbonyl (C=O) groups is 2. The van der Waals surface area contributed by atoms with Crippen molar-refractivity contribution in [2.24, 2.45) is 0 Å². The van der Waals surface area contributed by atoms with Gasteiger partial charge in [-0.2, -0.15) is 0 Å². The monoisotopic (exact) mass is 468 g/mol. The Labute approximate surface area is 204 Å². The van der Waals surface area contributed by atoms with E-state index in [1.165, 1.54) is 0 Å². The second-order valence-corrected chi connectivity index (χ2v) is 8.56. The highest BCUT2D eigenvalue weighted by Crippen LogP contribution is 2.20. The lowest BCUT2D eigenvalue weighted by molar-refractivity contribution is -0.128. The molecule has 0 radical (unpaired) electrons. The number of hydrogen-bond donors (Lipinski definition) is 2. The molecule has 186 valence electrons. The number of hydrogen-bond acceptors (Lipinski definition) is 4. The van der Waals surface area contributed by atoms with Crippen LogP contribution in [0.4, 0.5) is 0 Å². The molecule has 2 N–H and O–H groups in total. The average molecular weight is 469 g/mol. The van der Waals surface area contributed by atoms with Crippen molar-refractivity contribution in [1.29, 1.82) is 0 Å². The molecule has 0 bridgehead atoms. The van der Waals surface area contributed by atoms with Gasteiger partial charge in [-0.15, -0.1) is 0 Å². The first-order valence-electron chi connectivity index (χ1n) is 12.5. The number of carbonyl (C=O) groups excluding carboxylic acids is 2. The summed E-state index contributed by atoms with van der Waals surface area (Å²) in [5, 5.41) is 5.97. The van der Waals surface area contributed by atoms with Crippen LogP contribution >= 0.6 is 0 Å². The minimum absolute atomic E-state index is 0.0720. The van der Waals surface area contributed by atoms with E-state index in [9.17, 15) is 9.59 Å². The fourth-order valence-corrected chi connectivity index (χ4v) is 3.58. The fourth-order valence-electron chi connectivity index (χ4n) is 3.58. The lowest BCUT2D eigenvalue weighted by Gasteiger charge is -2.19. The van der Waals surface area contributed by atoms with E-state index in [4.69, 9.17) is 9.47 Å². The molecule has 2 amide bonds. The quantitative estimate of drug-likeness (QED) is 0.356. The van der Waals surface area contributed by atoms with Crippen molar-refractivity contribution in [3.8, 4) is 11.5 Å². The molecule has 2 aromatic rings. The number of benzene rings is 2. The highest BCUT2D eigenvalue weighted by atomic mass is 16.5. The Bertz CT molecular complexity index is 826. The molecule has 0 fully saturated rings. The van der Waals surface area contributed by atoms with Crippen molar-refractivity contribution in [3.05, 3.63) is 59.7 Å². The molecule has 2 aromatic carbocycles. The Hall–Kier alpha value is -3.02. The molecule has 0 saturated carbocycles. The first-order valence-corrected chi connectivity index (χ1v) is 12.5. The second-order valence-electron chi connectivity index (χ2n) is 8.56. The third-order valence-corrected chi connectivity index (χ3v) is 5.75. The van der Waals surface area contributed by atoms with E-state index in [0.29, 0.717) is 25.9 Å². The Morgan fingerprint density at radius 1 is 0.676 bits per heavy atom. The molecule has 34 heavy (non-hydrogen) atoms. The molecule has 0 saturated heterocycles. The van der Waals surface area contributed by atoms with Crippen LogP contribution in [0, 0.1) is 13.8 Å². The van der Waals surface area contributed by atoms with E-state index in [2.05, 4.69) is 10.6 Å². The molecule has 0 aliphatic carbocycles. The molecule has 2 atom stereocenters. The maximum atomic E-state index is 12.4. The van der Waals surface area contributed by atoms with Crippen LogP contribution in [0.5, 0.6) is 11.5 Å². The zero-order valence-corrected chi connectivity index (χ0v) is 21.1. The predicted molar refractivity (Wildman–Crippen MR) is 136 cm³/mol. The summed E-state index contributed by atoms with van der Waals surface area (Å²) in [4.78, 5) is 24.9. The van der Waals surface area contributed by atoms with Crippen LogP contribution in [0.3, 0.4) is 0 Å². The Balaban J connectivity index is 1.58. The lowest BCUT2D eigenvalue weighted by Crippen LogP contribution is -2.38. The van der Waals surface area contributed by atoms with E-state index in [0.717, 1.165) is 48.3 Å². The summed E-state index contributed by atoms with van der Waals surface area (Å²) in [6.45, 7) is 9.10. The van der Waals surface area contributed by atoms with Gasteiger partial charge in [-0.05, 0) is 62.8 Å². The van der Waals surface area contributed by atoms with Crippen LogP contribution in [0.25, 0.3) is 0 Å². The molecule has 0 aliphatic rings. The number of unbranched alkanes of at least 4 members (excludes halogenated alkanes) is 3. The Morgan fingerprint density at radius 3 is 1.41 bits per heavy atom. The highest BCUT2D eigenvalue weighted by molar-refractivity contribution is 5.81. The number of nitrogens with one attached hydrogen (secondary N) is 2. The van der Waals surface area contributed by atoms with Crippen LogP contribution in [0.2, 0.25) is 0 Å². The Morgan fingerprint density at radius 2 is 1.06 bits per heavy atom. The molecule has 6 nitrogen and oxygen atoms in total. The van der Waals surface area contributed by atoms with Gasteiger partial charge in [-0.3, -0.25) is 9.59 Å². The molecular formula is C28H40N2O4. The fraction of sp³-hybridized carbons (Fsp3) is 0.500. The van der Waals surface area contributed by atoms with Gasteiger partial charge in [-0.25, -0.2) is 0 Å². The van der Waals surface area contributed by atoms with Crippen molar-refractivity contribution < 1.29 is 19.1 Å². The summed E-state index contributed by atoms with van der Waals surface area (Å²) in [5.41, 5.74) is 2.04. The standard InChI is InChI=1S/C28H40N2O4/c1-5-23(33-25-17-11-9-15-21(25)3)27(31)29-19-13-7-8-14-20-30-28(32)24(6-2)34-26-18-12-10-16-22(26)4/h9-12,15-18,23-24H,5-8,13-14,19-20H2,1-4H3,(H,29,31)(H,30,32). The summed E-state index contributed by atoms with van der Waals surface area (Å²) < 4.78 is 11.8. The smallest absolute Gasteiger partial charge is 0.261 e. The van der Waals surface area contributed by atoms with Gasteiger partial charge in [0.25, 0.3) is 11.8 Å². The van der Waals surface area contributed by atoms with Crippen molar-refractivity contribution >= 4 is 11.8 Å². The minimum Gasteiger partial charge on any atom is -0.480 e. The third-order valence-electron chi connectivity index (χ3n) is 5.75. The molecule has 0 aromatic heterocycles. The van der Waals surface area contributed by atoms with Crippen molar-refractivity contribution in [2.75, 3.05) is 13.1 Å². The summed E-state index contributed by atoms with van der Waals surface area (Å²) in [7, 11) is 0. The van der Waals surface area contributed by atoms with Crippen LogP contribution in [-0.4, -0.2) is 37.1 Å². The van der Waals surface area contributed by atoms with Gasteiger partial charge in [0, 0.05) is 13.1 Å². The van der Waals surface area contributed by atoms with E-state index in [1.54, 1.807) is 0 Å². The zero-order valence-electron chi connectivity index (χ0n) is 21.1. The van der Waals surface area contributed by atoms with Crippen molar-refractivity contribution in [3.63, 3.8) is 0 Å². The topological polar surface area (TPSA) is 76.7 Å². The number of amides is 2. The third kappa shape index (κ3) is 9.08. The predicted octanol–water partition coefficient (Wildman–Crippen LogP) is 5.11. The van der Waals surface area contributed by atoms with E-state index in [1.807, 2.05) is 76.2 Å². The van der Waals surface area contributed by atoms with Crippen LogP contribution < -0.4 is 20.1 Å². The van der Waals surface area contributed by atoms with E-state index in [-0.39, 0.29) is 11.8 Å². The molecular weight excluding hydrogens is 428 g/mol. The number of para-hydroxylation sites is 2. The molecule has 2 unspecified atom stereocenters. The first kappa shape index (κ1) is 27.2. The second kappa shape index (κ2) is 15.0. The van der Waals surface area contributed by atoms with Crippen LogP contribution in [0.1, 0.15) is 63.5 Å². The van der Waals surface area contributed by atoms with Crippen LogP contribution in [-0.2, 0) is 9.59 Å². The normalized spacial score (nSPS) is 12.5. The maximum Gasteiger partial charge on any atom is 0.261 e. The highest BCUT2D eigenvalue weighted by Gasteiger charge is 2.19. The van der Waals surface area contributed by atoms with Gasteiger partial charge in [0.2, 0.25) is 0 Å². The lowest BCUT2D eigenvalue weighted by atomic mass is 10.1. The van der Waals surface area contributed by atoms with Gasteiger partial charge >= 0.3 is 0 Å². The first-order chi connectivity index (χ1) is 16.5. The van der Waals surface area contributed by atoms with E-state index < -0.39 is 12.2 Å². The van der Waals surface area contributed by atoms with Gasteiger partial charge in [0.15, 0.2) is 12.2 Å². The summed E-state index contributed by atoms with van der Waals surface area (Å²) in [6.07, 6.45) is 4.04. The van der Waals surface area contributed by atoms with Gasteiger partial charge < -0.3 is 20.1 Å². The molecule has 0 spiro atoms.